The van der Waals surface area contributed by atoms with Gasteiger partial charge < -0.3 is 15.6 Å². The third-order valence-electron chi connectivity index (χ3n) is 2.84. The van der Waals surface area contributed by atoms with E-state index in [1.807, 2.05) is 32.9 Å². The van der Waals surface area contributed by atoms with Gasteiger partial charge in [-0.05, 0) is 44.9 Å². The summed E-state index contributed by atoms with van der Waals surface area (Å²) in [5.41, 5.74) is 6.91. The molecule has 0 aliphatic rings. The topological polar surface area (TPSA) is 55.5 Å². The molecule has 1 aromatic rings. The molecule has 0 spiro atoms. The minimum absolute atomic E-state index is 0.0611. The van der Waals surface area contributed by atoms with Crippen molar-refractivity contribution in [3.05, 3.63) is 29.3 Å². The highest BCUT2D eigenvalue weighted by Crippen LogP contribution is 2.22. The van der Waals surface area contributed by atoms with E-state index >= 15 is 0 Å². The molecule has 1 aromatic carbocycles. The second-order valence-corrected chi connectivity index (χ2v) is 5.10. The molecule has 0 aromatic heterocycles. The maximum absolute atomic E-state index is 9.89. The molecule has 2 unspecified atom stereocenters. The van der Waals surface area contributed by atoms with Gasteiger partial charge in [0.25, 0.3) is 0 Å². The number of aryl methyl sites for hydroxylation is 2. The lowest BCUT2D eigenvalue weighted by molar-refractivity contribution is 0.0235. The molecule has 0 saturated heterocycles. The quantitative estimate of drug-likeness (QED) is 0.825. The summed E-state index contributed by atoms with van der Waals surface area (Å²) in [6.45, 7) is 7.98. The number of nitrogens with two attached hydrogens (primary N) is 1. The van der Waals surface area contributed by atoms with Crippen LogP contribution in [-0.2, 0) is 0 Å². The molecule has 1 rings (SSSR count). The Kier molecular flexibility index (Phi) is 4.54. The number of ether oxygens (including phenoxy) is 1. The Hall–Kier alpha value is -1.06. The van der Waals surface area contributed by atoms with Crippen molar-refractivity contribution in [1.82, 2.24) is 0 Å². The van der Waals surface area contributed by atoms with Crippen LogP contribution < -0.4 is 10.5 Å². The van der Waals surface area contributed by atoms with Crippen molar-refractivity contribution >= 4 is 0 Å². The molecule has 0 saturated carbocycles. The second-order valence-electron chi connectivity index (χ2n) is 5.10. The van der Waals surface area contributed by atoms with Gasteiger partial charge in [0.05, 0.1) is 11.7 Å². The maximum Gasteiger partial charge on any atom is 0.122 e. The molecule has 0 aliphatic carbocycles. The maximum atomic E-state index is 9.89. The highest BCUT2D eigenvalue weighted by molar-refractivity contribution is 5.36. The summed E-state index contributed by atoms with van der Waals surface area (Å²) in [5.74, 6) is 0.880. The van der Waals surface area contributed by atoms with E-state index in [9.17, 15) is 5.11 Å². The van der Waals surface area contributed by atoms with E-state index in [0.29, 0.717) is 6.42 Å². The fourth-order valence-corrected chi connectivity index (χ4v) is 1.80. The van der Waals surface area contributed by atoms with Gasteiger partial charge in [-0.2, -0.15) is 0 Å². The molecule has 3 nitrogen and oxygen atoms in total. The number of hydrogen-bond donors (Lipinski definition) is 2. The zero-order valence-corrected chi connectivity index (χ0v) is 11.2. The number of aliphatic hydroxyl groups is 1. The average Bonchev–Trinajstić information content (AvgIpc) is 2.23. The van der Waals surface area contributed by atoms with Gasteiger partial charge in [-0.25, -0.2) is 0 Å². The SMILES string of the molecule is Cc1ccc(C)c(OC(C)CC(C)(O)CN)c1. The first-order chi connectivity index (χ1) is 7.84. The molecule has 0 radical (unpaired) electrons. The monoisotopic (exact) mass is 237 g/mol. The summed E-state index contributed by atoms with van der Waals surface area (Å²) in [7, 11) is 0. The van der Waals surface area contributed by atoms with Crippen LogP contribution >= 0.6 is 0 Å². The third kappa shape index (κ3) is 4.36. The van der Waals surface area contributed by atoms with Crippen LogP contribution in [0, 0.1) is 13.8 Å². The van der Waals surface area contributed by atoms with Gasteiger partial charge in [-0.3, -0.25) is 0 Å². The molecular formula is C14H23NO2. The van der Waals surface area contributed by atoms with Crippen molar-refractivity contribution < 1.29 is 9.84 Å². The van der Waals surface area contributed by atoms with Gasteiger partial charge in [0.15, 0.2) is 0 Å². The molecule has 3 N–H and O–H groups in total. The van der Waals surface area contributed by atoms with E-state index in [2.05, 4.69) is 6.07 Å². The predicted octanol–water partition coefficient (Wildman–Crippen LogP) is 2.17. The minimum Gasteiger partial charge on any atom is -0.490 e. The number of hydrogen-bond acceptors (Lipinski definition) is 3. The van der Waals surface area contributed by atoms with Gasteiger partial charge in [-0.1, -0.05) is 12.1 Å². The van der Waals surface area contributed by atoms with Crippen molar-refractivity contribution in [2.75, 3.05) is 6.54 Å². The van der Waals surface area contributed by atoms with E-state index in [4.69, 9.17) is 10.5 Å². The zero-order valence-electron chi connectivity index (χ0n) is 11.2. The zero-order chi connectivity index (χ0) is 13.1. The molecule has 2 atom stereocenters. The Balaban J connectivity index is 2.68. The molecule has 17 heavy (non-hydrogen) atoms. The third-order valence-corrected chi connectivity index (χ3v) is 2.84. The minimum atomic E-state index is -0.864. The Morgan fingerprint density at radius 1 is 1.41 bits per heavy atom. The second kappa shape index (κ2) is 5.52. The van der Waals surface area contributed by atoms with Crippen LogP contribution in [0.3, 0.4) is 0 Å². The first-order valence-corrected chi connectivity index (χ1v) is 6.00. The standard InChI is InChI=1S/C14H23NO2/c1-10-5-6-11(2)13(7-10)17-12(3)8-14(4,16)9-15/h5-7,12,16H,8-9,15H2,1-4H3. The summed E-state index contributed by atoms with van der Waals surface area (Å²) >= 11 is 0. The Morgan fingerprint density at radius 2 is 2.06 bits per heavy atom. The lowest BCUT2D eigenvalue weighted by atomic mass is 9.99. The molecule has 0 amide bonds. The Bertz CT molecular complexity index is 374. The molecule has 0 fully saturated rings. The predicted molar refractivity (Wildman–Crippen MR) is 70.3 cm³/mol. The van der Waals surface area contributed by atoms with Crippen molar-refractivity contribution in [2.24, 2.45) is 5.73 Å². The van der Waals surface area contributed by atoms with Gasteiger partial charge >= 0.3 is 0 Å². The van der Waals surface area contributed by atoms with Crippen LogP contribution in [0.15, 0.2) is 18.2 Å². The van der Waals surface area contributed by atoms with Crippen molar-refractivity contribution in [1.29, 1.82) is 0 Å². The van der Waals surface area contributed by atoms with Crippen LogP contribution in [0.2, 0.25) is 0 Å². The van der Waals surface area contributed by atoms with Crippen LogP contribution in [0.4, 0.5) is 0 Å². The summed E-state index contributed by atoms with van der Waals surface area (Å²) in [5, 5.41) is 9.89. The van der Waals surface area contributed by atoms with Gasteiger partial charge in [-0.15, -0.1) is 0 Å². The normalized spacial score (nSPS) is 16.4. The van der Waals surface area contributed by atoms with Gasteiger partial charge in [0, 0.05) is 13.0 Å². The largest absolute Gasteiger partial charge is 0.490 e. The van der Waals surface area contributed by atoms with Gasteiger partial charge in [0.2, 0.25) is 0 Å². The number of benzene rings is 1. The molecule has 96 valence electrons. The van der Waals surface area contributed by atoms with E-state index in [1.54, 1.807) is 6.92 Å². The van der Waals surface area contributed by atoms with Crippen molar-refractivity contribution in [3.63, 3.8) is 0 Å². The van der Waals surface area contributed by atoms with Crippen LogP contribution in [-0.4, -0.2) is 23.4 Å². The van der Waals surface area contributed by atoms with Gasteiger partial charge in [0.1, 0.15) is 5.75 Å². The molecule has 3 heteroatoms. The first-order valence-electron chi connectivity index (χ1n) is 6.00. The fraction of sp³-hybridized carbons (Fsp3) is 0.571. The van der Waals surface area contributed by atoms with Crippen LogP contribution in [0.25, 0.3) is 0 Å². The molecule has 0 aliphatic heterocycles. The summed E-state index contributed by atoms with van der Waals surface area (Å²) in [4.78, 5) is 0. The van der Waals surface area contributed by atoms with Crippen LogP contribution in [0.5, 0.6) is 5.75 Å². The Labute approximate surface area is 104 Å². The molecular weight excluding hydrogens is 214 g/mol. The highest BCUT2D eigenvalue weighted by Gasteiger charge is 2.22. The summed E-state index contributed by atoms with van der Waals surface area (Å²) < 4.78 is 5.85. The van der Waals surface area contributed by atoms with Crippen molar-refractivity contribution in [3.8, 4) is 5.75 Å². The van der Waals surface area contributed by atoms with E-state index < -0.39 is 5.60 Å². The van der Waals surface area contributed by atoms with E-state index in [1.165, 1.54) is 5.56 Å². The first kappa shape index (κ1) is 14.0. The highest BCUT2D eigenvalue weighted by atomic mass is 16.5. The fourth-order valence-electron chi connectivity index (χ4n) is 1.80. The summed E-state index contributed by atoms with van der Waals surface area (Å²) in [6, 6.07) is 6.12. The Morgan fingerprint density at radius 3 is 2.65 bits per heavy atom. The van der Waals surface area contributed by atoms with E-state index in [0.717, 1.165) is 11.3 Å². The smallest absolute Gasteiger partial charge is 0.122 e. The van der Waals surface area contributed by atoms with E-state index in [-0.39, 0.29) is 12.6 Å². The van der Waals surface area contributed by atoms with Crippen molar-refractivity contribution in [2.45, 2.75) is 45.8 Å². The summed E-state index contributed by atoms with van der Waals surface area (Å²) in [6.07, 6.45) is 0.464. The average molecular weight is 237 g/mol. The lowest BCUT2D eigenvalue weighted by Gasteiger charge is -2.26. The number of rotatable bonds is 5. The molecule has 0 heterocycles. The lowest BCUT2D eigenvalue weighted by Crippen LogP contribution is -2.38. The van der Waals surface area contributed by atoms with Crippen LogP contribution in [0.1, 0.15) is 31.4 Å². The molecule has 0 bridgehead atoms.